The Morgan fingerprint density at radius 1 is 1.39 bits per heavy atom. The third kappa shape index (κ3) is 5.39. The number of nitrogens with zero attached hydrogens (tertiary/aromatic N) is 1. The molecule has 1 heterocycles. The smallest absolute Gasteiger partial charge is 0.414 e. The zero-order valence-electron chi connectivity index (χ0n) is 13.9. The predicted octanol–water partition coefficient (Wildman–Crippen LogP) is 3.96. The van der Waals surface area contributed by atoms with Crippen molar-refractivity contribution < 1.29 is 14.6 Å². The molecule has 0 bridgehead atoms. The summed E-state index contributed by atoms with van der Waals surface area (Å²) in [5.41, 5.74) is 0.986. The molecule has 2 rings (SSSR count). The molecular formula is C19H27NO3. The zero-order valence-corrected chi connectivity index (χ0v) is 13.9. The average molecular weight is 317 g/mol. The van der Waals surface area contributed by atoms with Crippen molar-refractivity contribution >= 4 is 6.09 Å². The minimum absolute atomic E-state index is 0.216. The van der Waals surface area contributed by atoms with Gasteiger partial charge >= 0.3 is 6.09 Å². The fraction of sp³-hybridized carbons (Fsp3) is 0.526. The normalized spacial score (nSPS) is 18.7. The molecule has 1 aliphatic rings. The lowest BCUT2D eigenvalue weighted by Crippen LogP contribution is -2.33. The molecule has 1 N–H and O–H groups in total. The van der Waals surface area contributed by atoms with Crippen LogP contribution in [0.3, 0.4) is 0 Å². The third-order valence-corrected chi connectivity index (χ3v) is 4.42. The van der Waals surface area contributed by atoms with Crippen molar-refractivity contribution in [2.24, 2.45) is 11.8 Å². The van der Waals surface area contributed by atoms with Crippen LogP contribution in [0.4, 0.5) is 4.79 Å². The van der Waals surface area contributed by atoms with Gasteiger partial charge in [-0.2, -0.15) is 0 Å². The SMILES string of the molecule is CCCCC(CO)C1C=CN(C(=O)OCc2ccccc2)CC1. The van der Waals surface area contributed by atoms with Crippen molar-refractivity contribution in [3.05, 3.63) is 48.2 Å². The van der Waals surface area contributed by atoms with E-state index in [2.05, 4.69) is 6.92 Å². The molecular weight excluding hydrogens is 290 g/mol. The van der Waals surface area contributed by atoms with Gasteiger partial charge in [0.1, 0.15) is 6.61 Å². The standard InChI is InChI=1S/C19H27NO3/c1-2-3-9-18(14-21)17-10-12-20(13-11-17)19(22)23-15-16-7-5-4-6-8-16/h4-8,10,12,17-18,21H,2-3,9,11,13-15H2,1H3. The first kappa shape index (κ1) is 17.5. The van der Waals surface area contributed by atoms with Crippen molar-refractivity contribution in [1.29, 1.82) is 0 Å². The highest BCUT2D eigenvalue weighted by atomic mass is 16.6. The number of hydrogen-bond donors (Lipinski definition) is 1. The van der Waals surface area contributed by atoms with Crippen molar-refractivity contribution in [3.63, 3.8) is 0 Å². The molecule has 0 fully saturated rings. The zero-order chi connectivity index (χ0) is 16.5. The minimum atomic E-state index is -0.308. The number of hydrogen-bond acceptors (Lipinski definition) is 3. The average Bonchev–Trinajstić information content (AvgIpc) is 2.62. The summed E-state index contributed by atoms with van der Waals surface area (Å²) >= 11 is 0. The first-order chi connectivity index (χ1) is 11.2. The van der Waals surface area contributed by atoms with Crippen molar-refractivity contribution in [1.82, 2.24) is 4.90 Å². The monoisotopic (exact) mass is 317 g/mol. The summed E-state index contributed by atoms with van der Waals surface area (Å²) in [5.74, 6) is 0.651. The van der Waals surface area contributed by atoms with Crippen LogP contribution in [0.1, 0.15) is 38.2 Å². The number of carbonyl (C=O) groups is 1. The van der Waals surface area contributed by atoms with Gasteiger partial charge in [-0.15, -0.1) is 0 Å². The summed E-state index contributed by atoms with van der Waals surface area (Å²) in [6, 6.07) is 9.68. The van der Waals surface area contributed by atoms with E-state index in [0.29, 0.717) is 25.0 Å². The van der Waals surface area contributed by atoms with E-state index in [1.807, 2.05) is 42.6 Å². The summed E-state index contributed by atoms with van der Waals surface area (Å²) < 4.78 is 5.34. The summed E-state index contributed by atoms with van der Waals surface area (Å²) in [7, 11) is 0. The number of aliphatic hydroxyl groups excluding tert-OH is 1. The molecule has 0 aliphatic carbocycles. The van der Waals surface area contributed by atoms with E-state index in [4.69, 9.17) is 4.74 Å². The molecule has 0 saturated heterocycles. The molecule has 0 radical (unpaired) electrons. The molecule has 1 aromatic carbocycles. The summed E-state index contributed by atoms with van der Waals surface area (Å²) in [5, 5.41) is 9.55. The van der Waals surface area contributed by atoms with Crippen LogP contribution < -0.4 is 0 Å². The number of ether oxygens (including phenoxy) is 1. The number of aliphatic hydroxyl groups is 1. The lowest BCUT2D eigenvalue weighted by atomic mass is 9.85. The second-order valence-electron chi connectivity index (χ2n) is 6.11. The first-order valence-electron chi connectivity index (χ1n) is 8.51. The van der Waals surface area contributed by atoms with Gasteiger partial charge in [-0.25, -0.2) is 4.79 Å². The minimum Gasteiger partial charge on any atom is -0.444 e. The second-order valence-corrected chi connectivity index (χ2v) is 6.11. The van der Waals surface area contributed by atoms with E-state index in [1.165, 1.54) is 0 Å². The van der Waals surface area contributed by atoms with Crippen LogP contribution in [0.5, 0.6) is 0 Å². The van der Waals surface area contributed by atoms with E-state index in [1.54, 1.807) is 4.90 Å². The second kappa shape index (κ2) is 9.36. The van der Waals surface area contributed by atoms with Crippen LogP contribution in [0.25, 0.3) is 0 Å². The Morgan fingerprint density at radius 3 is 2.78 bits per heavy atom. The fourth-order valence-corrected chi connectivity index (χ4v) is 2.93. The lowest BCUT2D eigenvalue weighted by Gasteiger charge is -2.30. The van der Waals surface area contributed by atoms with Gasteiger partial charge in [-0.3, -0.25) is 4.90 Å². The molecule has 2 atom stereocenters. The van der Waals surface area contributed by atoms with E-state index >= 15 is 0 Å². The van der Waals surface area contributed by atoms with Gasteiger partial charge in [0.15, 0.2) is 0 Å². The van der Waals surface area contributed by atoms with E-state index in [-0.39, 0.29) is 12.7 Å². The van der Waals surface area contributed by atoms with Gasteiger partial charge in [0.25, 0.3) is 0 Å². The van der Waals surface area contributed by atoms with E-state index in [9.17, 15) is 9.90 Å². The number of benzene rings is 1. The Balaban J connectivity index is 1.81. The topological polar surface area (TPSA) is 49.8 Å². The summed E-state index contributed by atoms with van der Waals surface area (Å²) in [4.78, 5) is 13.7. The maximum atomic E-state index is 12.1. The molecule has 1 aromatic rings. The van der Waals surface area contributed by atoms with Crippen LogP contribution in [-0.4, -0.2) is 29.3 Å². The molecule has 0 saturated carbocycles. The van der Waals surface area contributed by atoms with Crippen molar-refractivity contribution in [3.8, 4) is 0 Å². The molecule has 4 nitrogen and oxygen atoms in total. The van der Waals surface area contributed by atoms with E-state index < -0.39 is 0 Å². The van der Waals surface area contributed by atoms with Gasteiger partial charge in [-0.1, -0.05) is 56.2 Å². The van der Waals surface area contributed by atoms with Gasteiger partial charge < -0.3 is 9.84 Å². The number of carbonyl (C=O) groups excluding carboxylic acids is 1. The Labute approximate surface area is 138 Å². The molecule has 1 amide bonds. The molecule has 1 aliphatic heterocycles. The molecule has 2 unspecified atom stereocenters. The van der Waals surface area contributed by atoms with Crippen molar-refractivity contribution in [2.75, 3.05) is 13.2 Å². The highest BCUT2D eigenvalue weighted by molar-refractivity contribution is 5.69. The molecule has 0 spiro atoms. The molecule has 4 heteroatoms. The van der Waals surface area contributed by atoms with Crippen molar-refractivity contribution in [2.45, 2.75) is 39.2 Å². The number of rotatable bonds is 7. The van der Waals surface area contributed by atoms with Gasteiger partial charge in [0.2, 0.25) is 0 Å². The molecule has 23 heavy (non-hydrogen) atoms. The van der Waals surface area contributed by atoms with Crippen LogP contribution in [0, 0.1) is 11.8 Å². The van der Waals surface area contributed by atoms with Gasteiger partial charge in [0, 0.05) is 19.4 Å². The summed E-state index contributed by atoms with van der Waals surface area (Å²) in [6.07, 6.45) is 7.76. The Hall–Kier alpha value is -1.81. The van der Waals surface area contributed by atoms with Gasteiger partial charge in [0.05, 0.1) is 0 Å². The summed E-state index contributed by atoms with van der Waals surface area (Å²) in [6.45, 7) is 3.32. The number of unbranched alkanes of at least 4 members (excludes halogenated alkanes) is 1. The highest BCUT2D eigenvalue weighted by Crippen LogP contribution is 2.26. The largest absolute Gasteiger partial charge is 0.444 e. The van der Waals surface area contributed by atoms with Crippen LogP contribution in [0.2, 0.25) is 0 Å². The maximum Gasteiger partial charge on any atom is 0.414 e. The highest BCUT2D eigenvalue weighted by Gasteiger charge is 2.24. The fourth-order valence-electron chi connectivity index (χ4n) is 2.93. The third-order valence-electron chi connectivity index (χ3n) is 4.42. The number of allylic oxidation sites excluding steroid dienone is 1. The molecule has 0 aromatic heterocycles. The van der Waals surface area contributed by atoms with Gasteiger partial charge in [-0.05, 0) is 30.2 Å². The Bertz CT molecular complexity index is 501. The van der Waals surface area contributed by atoms with Crippen LogP contribution in [0.15, 0.2) is 42.6 Å². The first-order valence-corrected chi connectivity index (χ1v) is 8.51. The van der Waals surface area contributed by atoms with E-state index in [0.717, 1.165) is 31.2 Å². The quantitative estimate of drug-likeness (QED) is 0.828. The predicted molar refractivity (Wildman–Crippen MR) is 90.7 cm³/mol. The van der Waals surface area contributed by atoms with Crippen LogP contribution >= 0.6 is 0 Å². The maximum absolute atomic E-state index is 12.1. The Morgan fingerprint density at radius 2 is 2.17 bits per heavy atom. The van der Waals surface area contributed by atoms with Crippen LogP contribution in [-0.2, 0) is 11.3 Å². The lowest BCUT2D eigenvalue weighted by molar-refractivity contribution is 0.102. The number of amides is 1. The Kier molecular flexibility index (Phi) is 7.14. The molecule has 126 valence electrons.